The first-order valence-corrected chi connectivity index (χ1v) is 5.57. The van der Waals surface area contributed by atoms with E-state index < -0.39 is 17.8 Å². The third kappa shape index (κ3) is 2.27. The lowest BCUT2D eigenvalue weighted by Crippen LogP contribution is -2.40. The second kappa shape index (κ2) is 4.19. The molecule has 1 heterocycles. The minimum absolute atomic E-state index is 0.103. The van der Waals surface area contributed by atoms with Crippen LogP contribution in [0.1, 0.15) is 31.0 Å². The summed E-state index contributed by atoms with van der Waals surface area (Å²) in [6.45, 7) is 3.80. The molecule has 0 fully saturated rings. The van der Waals surface area contributed by atoms with Crippen LogP contribution in [0, 0.1) is 5.92 Å². The van der Waals surface area contributed by atoms with E-state index in [9.17, 15) is 18.0 Å². The Morgan fingerprint density at radius 3 is 2.50 bits per heavy atom. The zero-order chi connectivity index (χ0) is 13.5. The van der Waals surface area contributed by atoms with Crippen molar-refractivity contribution in [2.45, 2.75) is 26.1 Å². The lowest BCUT2D eigenvalue weighted by molar-refractivity contribution is -0.137. The van der Waals surface area contributed by atoms with E-state index in [-0.39, 0.29) is 17.6 Å². The lowest BCUT2D eigenvalue weighted by Gasteiger charge is -2.30. The number of carbonyl (C=O) groups excluding carboxylic acids is 1. The average Bonchev–Trinajstić information content (AvgIpc) is 2.25. The molecule has 0 spiro atoms. The molecule has 2 N–H and O–H groups in total. The van der Waals surface area contributed by atoms with Gasteiger partial charge >= 0.3 is 12.2 Å². The summed E-state index contributed by atoms with van der Waals surface area (Å²) in [7, 11) is 0. The molecule has 2 rings (SSSR count). The summed E-state index contributed by atoms with van der Waals surface area (Å²) in [6, 6.07) is 2.68. The Morgan fingerprint density at radius 1 is 1.28 bits per heavy atom. The van der Waals surface area contributed by atoms with Crippen LogP contribution in [0.3, 0.4) is 0 Å². The molecule has 1 aliphatic rings. The Hall–Kier alpha value is -1.72. The molecule has 0 saturated carbocycles. The number of carbonyl (C=O) groups is 1. The summed E-state index contributed by atoms with van der Waals surface area (Å²) in [5.41, 5.74) is 0.149. The highest BCUT2D eigenvalue weighted by atomic mass is 19.4. The summed E-state index contributed by atoms with van der Waals surface area (Å²) in [6.07, 6.45) is -4.40. The Balaban J connectivity index is 2.47. The molecule has 18 heavy (non-hydrogen) atoms. The van der Waals surface area contributed by atoms with Crippen LogP contribution in [0.15, 0.2) is 18.2 Å². The van der Waals surface area contributed by atoms with E-state index in [1.807, 2.05) is 13.8 Å². The largest absolute Gasteiger partial charge is 0.416 e. The van der Waals surface area contributed by atoms with Crippen LogP contribution in [-0.4, -0.2) is 6.03 Å². The quantitative estimate of drug-likeness (QED) is 0.794. The smallest absolute Gasteiger partial charge is 0.331 e. The Morgan fingerprint density at radius 2 is 1.94 bits per heavy atom. The van der Waals surface area contributed by atoms with Gasteiger partial charge in [0.05, 0.1) is 11.6 Å². The highest BCUT2D eigenvalue weighted by molar-refractivity contribution is 5.93. The minimum Gasteiger partial charge on any atom is -0.331 e. The molecule has 0 aliphatic carbocycles. The van der Waals surface area contributed by atoms with Crippen LogP contribution < -0.4 is 10.6 Å². The van der Waals surface area contributed by atoms with Crippen molar-refractivity contribution >= 4 is 11.7 Å². The number of urea groups is 1. The summed E-state index contributed by atoms with van der Waals surface area (Å²) >= 11 is 0. The molecule has 98 valence electrons. The maximum absolute atomic E-state index is 12.6. The number of hydrogen-bond donors (Lipinski definition) is 2. The molecule has 1 unspecified atom stereocenters. The van der Waals surface area contributed by atoms with Gasteiger partial charge in [-0.2, -0.15) is 13.2 Å². The lowest BCUT2D eigenvalue weighted by atomic mass is 9.92. The third-order valence-electron chi connectivity index (χ3n) is 2.92. The molecule has 6 heteroatoms. The fourth-order valence-electron chi connectivity index (χ4n) is 2.02. The Labute approximate surface area is 102 Å². The zero-order valence-corrected chi connectivity index (χ0v) is 9.93. The molecule has 1 aromatic carbocycles. The van der Waals surface area contributed by atoms with Crippen molar-refractivity contribution in [3.05, 3.63) is 29.3 Å². The van der Waals surface area contributed by atoms with Crippen molar-refractivity contribution in [2.24, 2.45) is 5.92 Å². The van der Waals surface area contributed by atoms with Crippen molar-refractivity contribution in [2.75, 3.05) is 5.32 Å². The van der Waals surface area contributed by atoms with Gasteiger partial charge in [0.15, 0.2) is 0 Å². The molecule has 1 atom stereocenters. The van der Waals surface area contributed by atoms with E-state index in [0.717, 1.165) is 12.1 Å². The molecule has 2 amide bonds. The standard InChI is InChI=1S/C12H13F3N2O/c1-6(2)10-8-4-3-7(12(13,14)15)5-9(8)16-11(18)17-10/h3-6,10H,1-2H3,(H2,16,17,18). The average molecular weight is 258 g/mol. The normalized spacial score (nSPS) is 19.2. The number of rotatable bonds is 1. The van der Waals surface area contributed by atoms with E-state index in [4.69, 9.17) is 0 Å². The maximum atomic E-state index is 12.6. The number of anilines is 1. The molecule has 1 aromatic rings. The van der Waals surface area contributed by atoms with Gasteiger partial charge in [0.1, 0.15) is 0 Å². The minimum atomic E-state index is -4.40. The highest BCUT2D eigenvalue weighted by Crippen LogP contribution is 2.37. The van der Waals surface area contributed by atoms with Gasteiger partial charge in [-0.25, -0.2) is 4.79 Å². The molecular weight excluding hydrogens is 245 g/mol. The number of amides is 2. The fraction of sp³-hybridized carbons (Fsp3) is 0.417. The van der Waals surface area contributed by atoms with Crippen LogP contribution in [0.4, 0.5) is 23.7 Å². The van der Waals surface area contributed by atoms with Crippen molar-refractivity contribution in [3.8, 4) is 0 Å². The molecule has 3 nitrogen and oxygen atoms in total. The van der Waals surface area contributed by atoms with Crippen molar-refractivity contribution in [3.63, 3.8) is 0 Å². The van der Waals surface area contributed by atoms with Crippen LogP contribution >= 0.6 is 0 Å². The fourth-order valence-corrected chi connectivity index (χ4v) is 2.02. The molecular formula is C12H13F3N2O. The van der Waals surface area contributed by atoms with E-state index in [0.29, 0.717) is 5.56 Å². The summed E-state index contributed by atoms with van der Waals surface area (Å²) < 4.78 is 37.7. The van der Waals surface area contributed by atoms with Crippen LogP contribution in [-0.2, 0) is 6.18 Å². The number of alkyl halides is 3. The maximum Gasteiger partial charge on any atom is 0.416 e. The van der Waals surface area contributed by atoms with E-state index >= 15 is 0 Å². The first-order chi connectivity index (χ1) is 8.29. The summed E-state index contributed by atoms with van der Waals surface area (Å²) in [5.74, 6) is 0.103. The van der Waals surface area contributed by atoms with Crippen LogP contribution in [0.25, 0.3) is 0 Å². The SMILES string of the molecule is CC(C)C1NC(=O)Nc2cc(C(F)(F)F)ccc21. The summed E-state index contributed by atoms with van der Waals surface area (Å²) in [4.78, 5) is 11.4. The Bertz CT molecular complexity index is 483. The number of halogens is 3. The second-order valence-electron chi connectivity index (χ2n) is 4.62. The van der Waals surface area contributed by atoms with E-state index in [2.05, 4.69) is 10.6 Å². The monoisotopic (exact) mass is 258 g/mol. The molecule has 0 bridgehead atoms. The molecule has 1 aliphatic heterocycles. The third-order valence-corrected chi connectivity index (χ3v) is 2.92. The van der Waals surface area contributed by atoms with E-state index in [1.54, 1.807) is 0 Å². The van der Waals surface area contributed by atoms with Gasteiger partial charge in [-0.1, -0.05) is 19.9 Å². The molecule has 0 saturated heterocycles. The number of hydrogen-bond acceptors (Lipinski definition) is 1. The topological polar surface area (TPSA) is 41.1 Å². The number of fused-ring (bicyclic) bond motifs is 1. The number of nitrogens with one attached hydrogen (secondary N) is 2. The summed E-state index contributed by atoms with van der Waals surface area (Å²) in [5, 5.41) is 5.11. The van der Waals surface area contributed by atoms with Crippen LogP contribution in [0.5, 0.6) is 0 Å². The predicted molar refractivity (Wildman–Crippen MR) is 61.2 cm³/mol. The van der Waals surface area contributed by atoms with Gasteiger partial charge in [0.25, 0.3) is 0 Å². The second-order valence-corrected chi connectivity index (χ2v) is 4.62. The van der Waals surface area contributed by atoms with Crippen molar-refractivity contribution in [1.29, 1.82) is 0 Å². The van der Waals surface area contributed by atoms with Gasteiger partial charge in [-0.15, -0.1) is 0 Å². The van der Waals surface area contributed by atoms with E-state index in [1.165, 1.54) is 6.07 Å². The van der Waals surface area contributed by atoms with Gasteiger partial charge in [0, 0.05) is 5.69 Å². The van der Waals surface area contributed by atoms with Gasteiger partial charge in [-0.05, 0) is 23.6 Å². The molecule has 0 radical (unpaired) electrons. The van der Waals surface area contributed by atoms with Crippen molar-refractivity contribution < 1.29 is 18.0 Å². The first-order valence-electron chi connectivity index (χ1n) is 5.57. The highest BCUT2D eigenvalue weighted by Gasteiger charge is 2.33. The zero-order valence-electron chi connectivity index (χ0n) is 9.93. The van der Waals surface area contributed by atoms with Crippen LogP contribution in [0.2, 0.25) is 0 Å². The molecule has 0 aromatic heterocycles. The van der Waals surface area contributed by atoms with Gasteiger partial charge in [-0.3, -0.25) is 0 Å². The van der Waals surface area contributed by atoms with Crippen molar-refractivity contribution in [1.82, 2.24) is 5.32 Å². The first kappa shape index (κ1) is 12.7. The van der Waals surface area contributed by atoms with Gasteiger partial charge < -0.3 is 10.6 Å². The predicted octanol–water partition coefficient (Wildman–Crippen LogP) is 3.54. The Kier molecular flexibility index (Phi) is 2.96. The number of benzene rings is 1. The van der Waals surface area contributed by atoms with Gasteiger partial charge in [0.2, 0.25) is 0 Å².